The molecule has 0 aliphatic carbocycles. The number of benzene rings is 3. The molecule has 4 aromatic rings. The molecule has 0 fully saturated rings. The minimum absolute atomic E-state index is 0.0695. The molecule has 8 heteroatoms. The molecule has 4 rings (SSSR count). The first kappa shape index (κ1) is 19.0. The summed E-state index contributed by atoms with van der Waals surface area (Å²) < 4.78 is 13.0. The number of hydrogen-bond acceptors (Lipinski definition) is 4. The van der Waals surface area contributed by atoms with Crippen LogP contribution >= 0.6 is 0 Å². The highest BCUT2D eigenvalue weighted by Crippen LogP contribution is 2.34. The highest BCUT2D eigenvalue weighted by atomic mass is 19.1. The summed E-state index contributed by atoms with van der Waals surface area (Å²) in [5.74, 6) is -0.873. The number of nitro benzene ring substituents is 1. The van der Waals surface area contributed by atoms with Crippen molar-refractivity contribution in [2.45, 2.75) is 0 Å². The van der Waals surface area contributed by atoms with Crippen molar-refractivity contribution in [1.82, 2.24) is 10.4 Å². The number of halogens is 1. The first-order chi connectivity index (χ1) is 14.5. The van der Waals surface area contributed by atoms with E-state index in [4.69, 9.17) is 0 Å². The number of nitro groups is 1. The number of carbonyl (C=O) groups excluding carboxylic acids is 1. The van der Waals surface area contributed by atoms with Crippen molar-refractivity contribution < 1.29 is 14.1 Å². The number of carbonyl (C=O) groups is 1. The lowest BCUT2D eigenvalue weighted by atomic mass is 10.0. The van der Waals surface area contributed by atoms with Gasteiger partial charge in [-0.1, -0.05) is 42.5 Å². The number of nitrogens with one attached hydrogen (secondary N) is 2. The average Bonchev–Trinajstić information content (AvgIpc) is 3.14. The molecular weight excluding hydrogens is 387 g/mol. The number of amides is 1. The van der Waals surface area contributed by atoms with Gasteiger partial charge in [-0.2, -0.15) is 5.10 Å². The third-order valence-electron chi connectivity index (χ3n) is 4.53. The Hall–Kier alpha value is -4.33. The Kier molecular flexibility index (Phi) is 5.04. The number of aromatic amines is 1. The van der Waals surface area contributed by atoms with Crippen molar-refractivity contribution in [2.75, 3.05) is 0 Å². The molecule has 0 aliphatic heterocycles. The van der Waals surface area contributed by atoms with Gasteiger partial charge < -0.3 is 4.98 Å². The number of nitrogens with zero attached hydrogens (tertiary/aromatic N) is 2. The smallest absolute Gasteiger partial charge is 0.288 e. The first-order valence-electron chi connectivity index (χ1n) is 8.97. The zero-order valence-corrected chi connectivity index (χ0v) is 15.5. The van der Waals surface area contributed by atoms with Gasteiger partial charge in [-0.25, -0.2) is 9.82 Å². The number of hydrazone groups is 1. The minimum Gasteiger partial charge on any atom is -0.350 e. The molecule has 0 aliphatic rings. The van der Waals surface area contributed by atoms with Crippen LogP contribution in [0.1, 0.15) is 16.1 Å². The monoisotopic (exact) mass is 402 g/mol. The van der Waals surface area contributed by atoms with E-state index in [1.807, 2.05) is 30.3 Å². The van der Waals surface area contributed by atoms with E-state index in [0.29, 0.717) is 22.0 Å². The highest BCUT2D eigenvalue weighted by Gasteiger charge is 2.21. The fraction of sp³-hybridized carbons (Fsp3) is 0. The molecule has 1 amide bonds. The van der Waals surface area contributed by atoms with Crippen molar-refractivity contribution in [3.63, 3.8) is 0 Å². The highest BCUT2D eigenvalue weighted by molar-refractivity contribution is 6.10. The Labute approximate surface area is 170 Å². The third kappa shape index (κ3) is 3.79. The molecule has 0 saturated carbocycles. The van der Waals surface area contributed by atoms with E-state index in [-0.39, 0.29) is 17.2 Å². The summed E-state index contributed by atoms with van der Waals surface area (Å²) in [4.78, 5) is 26.6. The van der Waals surface area contributed by atoms with Crippen molar-refractivity contribution in [3.05, 3.63) is 100.0 Å². The maximum Gasteiger partial charge on any atom is 0.288 e. The number of rotatable bonds is 5. The Morgan fingerprint density at radius 2 is 1.80 bits per heavy atom. The molecule has 2 N–H and O–H groups in total. The van der Waals surface area contributed by atoms with Crippen molar-refractivity contribution in [2.24, 2.45) is 5.10 Å². The van der Waals surface area contributed by atoms with Gasteiger partial charge in [0.2, 0.25) is 0 Å². The molecule has 0 atom stereocenters. The number of aromatic nitrogens is 1. The van der Waals surface area contributed by atoms with Crippen molar-refractivity contribution >= 4 is 28.7 Å². The molecule has 0 saturated heterocycles. The van der Waals surface area contributed by atoms with Crippen LogP contribution in [0.2, 0.25) is 0 Å². The topological polar surface area (TPSA) is 100 Å². The van der Waals surface area contributed by atoms with Gasteiger partial charge in [0.15, 0.2) is 0 Å². The molecule has 3 aromatic carbocycles. The Bertz CT molecular complexity index is 1270. The van der Waals surface area contributed by atoms with Gasteiger partial charge >= 0.3 is 0 Å². The normalized spacial score (nSPS) is 11.1. The zero-order chi connectivity index (χ0) is 21.1. The van der Waals surface area contributed by atoms with Crippen LogP contribution in [0.4, 0.5) is 10.1 Å². The number of fused-ring (bicyclic) bond motifs is 1. The van der Waals surface area contributed by atoms with Gasteiger partial charge in [-0.05, 0) is 29.3 Å². The third-order valence-corrected chi connectivity index (χ3v) is 4.53. The van der Waals surface area contributed by atoms with Crippen LogP contribution in [0.5, 0.6) is 0 Å². The summed E-state index contributed by atoms with van der Waals surface area (Å²) >= 11 is 0. The number of H-pyrrole nitrogens is 1. The van der Waals surface area contributed by atoms with Crippen LogP contribution < -0.4 is 5.43 Å². The van der Waals surface area contributed by atoms with Crippen LogP contribution in [0.3, 0.4) is 0 Å². The maximum absolute atomic E-state index is 13.0. The van der Waals surface area contributed by atoms with Crippen LogP contribution in [0.15, 0.2) is 77.9 Å². The molecule has 0 unspecified atom stereocenters. The lowest BCUT2D eigenvalue weighted by molar-refractivity contribution is -0.384. The van der Waals surface area contributed by atoms with E-state index in [1.54, 1.807) is 6.07 Å². The van der Waals surface area contributed by atoms with Gasteiger partial charge in [0.1, 0.15) is 11.5 Å². The average molecular weight is 402 g/mol. The van der Waals surface area contributed by atoms with E-state index in [1.165, 1.54) is 42.6 Å². The standard InChI is InChI=1S/C22H15FN4O3/c23-16-8-6-14(7-9-16)13-24-26-22(28)21-20(15-4-2-1-3-5-15)18-12-17(27(29)30)10-11-19(18)25-21/h1-13,25H,(H,26,28)/b24-13+. The van der Waals surface area contributed by atoms with E-state index in [0.717, 1.165) is 5.56 Å². The SMILES string of the molecule is O=C(N/N=C/c1ccc(F)cc1)c1[nH]c2ccc([N+](=O)[O-])cc2c1-c1ccccc1. The summed E-state index contributed by atoms with van der Waals surface area (Å²) in [6.07, 6.45) is 1.40. The van der Waals surface area contributed by atoms with E-state index < -0.39 is 10.8 Å². The second-order valence-electron chi connectivity index (χ2n) is 6.48. The molecule has 0 radical (unpaired) electrons. The fourth-order valence-electron chi connectivity index (χ4n) is 3.14. The van der Waals surface area contributed by atoms with Gasteiger partial charge in [-0.15, -0.1) is 0 Å². The second-order valence-corrected chi connectivity index (χ2v) is 6.48. The fourth-order valence-corrected chi connectivity index (χ4v) is 3.14. The lowest BCUT2D eigenvalue weighted by Crippen LogP contribution is -2.18. The lowest BCUT2D eigenvalue weighted by Gasteiger charge is -2.04. The number of hydrogen-bond donors (Lipinski definition) is 2. The molecular formula is C22H15FN4O3. The summed E-state index contributed by atoms with van der Waals surface area (Å²) in [5.41, 5.74) is 5.09. The largest absolute Gasteiger partial charge is 0.350 e. The number of non-ortho nitro benzene ring substituents is 1. The minimum atomic E-state index is -0.508. The van der Waals surface area contributed by atoms with Gasteiger partial charge in [0, 0.05) is 28.6 Å². The molecule has 0 spiro atoms. The van der Waals surface area contributed by atoms with E-state index in [9.17, 15) is 19.3 Å². The predicted molar refractivity (Wildman–Crippen MR) is 112 cm³/mol. The molecule has 30 heavy (non-hydrogen) atoms. The molecule has 148 valence electrons. The molecule has 7 nitrogen and oxygen atoms in total. The van der Waals surface area contributed by atoms with Crippen LogP contribution in [-0.4, -0.2) is 22.0 Å². The molecule has 1 heterocycles. The predicted octanol–water partition coefficient (Wildman–Crippen LogP) is 4.65. The van der Waals surface area contributed by atoms with Gasteiger partial charge in [-0.3, -0.25) is 14.9 Å². The van der Waals surface area contributed by atoms with Crippen LogP contribution in [0.25, 0.3) is 22.0 Å². The Morgan fingerprint density at radius 3 is 2.50 bits per heavy atom. The maximum atomic E-state index is 13.0. The molecule has 0 bridgehead atoms. The van der Waals surface area contributed by atoms with Gasteiger partial charge in [0.25, 0.3) is 11.6 Å². The van der Waals surface area contributed by atoms with Crippen molar-refractivity contribution in [3.8, 4) is 11.1 Å². The van der Waals surface area contributed by atoms with Gasteiger partial charge in [0.05, 0.1) is 11.1 Å². The van der Waals surface area contributed by atoms with Crippen molar-refractivity contribution in [1.29, 1.82) is 0 Å². The summed E-state index contributed by atoms with van der Waals surface area (Å²) in [6.45, 7) is 0. The quantitative estimate of drug-likeness (QED) is 0.289. The Morgan fingerprint density at radius 1 is 1.07 bits per heavy atom. The summed E-state index contributed by atoms with van der Waals surface area (Å²) in [7, 11) is 0. The molecule has 1 aromatic heterocycles. The Balaban J connectivity index is 1.73. The first-order valence-corrected chi connectivity index (χ1v) is 8.97. The summed E-state index contributed by atoms with van der Waals surface area (Å²) in [5, 5.41) is 15.7. The summed E-state index contributed by atoms with van der Waals surface area (Å²) in [6, 6.07) is 19.1. The van der Waals surface area contributed by atoms with E-state index >= 15 is 0 Å². The van der Waals surface area contributed by atoms with Crippen LogP contribution in [-0.2, 0) is 0 Å². The zero-order valence-electron chi connectivity index (χ0n) is 15.5. The van der Waals surface area contributed by atoms with E-state index in [2.05, 4.69) is 15.5 Å². The van der Waals surface area contributed by atoms with Crippen LogP contribution in [0, 0.1) is 15.9 Å². The second kappa shape index (κ2) is 7.96.